The minimum atomic E-state index is 1.10. The first-order valence-corrected chi connectivity index (χ1v) is 6.36. The number of hydrogen-bond acceptors (Lipinski definition) is 0. The van der Waals surface area contributed by atoms with Gasteiger partial charge in [0.25, 0.3) is 0 Å². The first-order valence-electron chi connectivity index (χ1n) is 6.36. The number of aryl methyl sites for hydroxylation is 1. The summed E-state index contributed by atoms with van der Waals surface area (Å²) in [4.78, 5) is 0. The molecule has 0 aliphatic heterocycles. The summed E-state index contributed by atoms with van der Waals surface area (Å²) >= 11 is 0. The third-order valence-electron chi connectivity index (χ3n) is 2.63. The molecule has 0 saturated heterocycles. The van der Waals surface area contributed by atoms with Gasteiger partial charge < -0.3 is 0 Å². The predicted molar refractivity (Wildman–Crippen MR) is 78.0 cm³/mol. The van der Waals surface area contributed by atoms with Crippen LogP contribution in [0.4, 0.5) is 0 Å². The molecule has 0 atom stereocenters. The molecule has 0 heterocycles. The predicted octanol–water partition coefficient (Wildman–Crippen LogP) is 5.31. The van der Waals surface area contributed by atoms with Gasteiger partial charge in [0.2, 0.25) is 0 Å². The van der Waals surface area contributed by atoms with E-state index >= 15 is 0 Å². The van der Waals surface area contributed by atoms with Crippen LogP contribution in [-0.4, -0.2) is 0 Å². The van der Waals surface area contributed by atoms with Gasteiger partial charge in [-0.2, -0.15) is 0 Å². The van der Waals surface area contributed by atoms with Crippen LogP contribution >= 0.6 is 0 Å². The molecule has 0 nitrogen and oxygen atoms in total. The summed E-state index contributed by atoms with van der Waals surface area (Å²) in [5, 5.41) is 0. The molecular weight excluding hydrogens is 204 g/mol. The molecule has 0 aliphatic carbocycles. The van der Waals surface area contributed by atoms with E-state index in [0.717, 1.165) is 12.8 Å². The van der Waals surface area contributed by atoms with E-state index in [9.17, 15) is 0 Å². The van der Waals surface area contributed by atoms with Crippen molar-refractivity contribution in [2.75, 3.05) is 0 Å². The van der Waals surface area contributed by atoms with Gasteiger partial charge in [-0.15, -0.1) is 0 Å². The summed E-state index contributed by atoms with van der Waals surface area (Å²) in [7, 11) is 0. The molecule has 0 aliphatic rings. The van der Waals surface area contributed by atoms with Crippen molar-refractivity contribution in [3.63, 3.8) is 0 Å². The molecule has 1 aromatic rings. The Bertz CT molecular complexity index is 419. The van der Waals surface area contributed by atoms with Crippen LogP contribution in [0.25, 0.3) is 6.08 Å². The minimum absolute atomic E-state index is 1.10. The van der Waals surface area contributed by atoms with Gasteiger partial charge >= 0.3 is 0 Å². The SMILES string of the molecule is CC/C=C(/C=C/C=C/c1cccc(C)c1)CC. The van der Waals surface area contributed by atoms with Crippen LogP contribution in [0.3, 0.4) is 0 Å². The van der Waals surface area contributed by atoms with Crippen LogP contribution in [0.1, 0.15) is 37.8 Å². The van der Waals surface area contributed by atoms with E-state index in [1.807, 2.05) is 0 Å². The van der Waals surface area contributed by atoms with Crippen molar-refractivity contribution in [2.45, 2.75) is 33.6 Å². The van der Waals surface area contributed by atoms with Crippen LogP contribution in [0, 0.1) is 6.92 Å². The molecule has 0 amide bonds. The molecular formula is C17H22. The molecule has 1 aromatic carbocycles. The maximum atomic E-state index is 2.27. The molecule has 17 heavy (non-hydrogen) atoms. The Morgan fingerprint density at radius 2 is 2.00 bits per heavy atom. The van der Waals surface area contributed by atoms with E-state index < -0.39 is 0 Å². The second-order valence-electron chi connectivity index (χ2n) is 4.17. The Morgan fingerprint density at radius 3 is 2.65 bits per heavy atom. The van der Waals surface area contributed by atoms with E-state index in [4.69, 9.17) is 0 Å². The lowest BCUT2D eigenvalue weighted by atomic mass is 10.1. The lowest BCUT2D eigenvalue weighted by molar-refractivity contribution is 1.10. The summed E-state index contributed by atoms with van der Waals surface area (Å²) in [5.41, 5.74) is 3.96. The lowest BCUT2D eigenvalue weighted by Crippen LogP contribution is -1.74. The zero-order valence-corrected chi connectivity index (χ0v) is 11.1. The van der Waals surface area contributed by atoms with Gasteiger partial charge in [-0.25, -0.2) is 0 Å². The number of allylic oxidation sites excluding steroid dienone is 5. The normalized spacial score (nSPS) is 12.8. The minimum Gasteiger partial charge on any atom is -0.0816 e. The highest BCUT2D eigenvalue weighted by Gasteiger charge is 1.86. The van der Waals surface area contributed by atoms with Gasteiger partial charge in [0.15, 0.2) is 0 Å². The van der Waals surface area contributed by atoms with Crippen molar-refractivity contribution in [3.05, 3.63) is 65.3 Å². The van der Waals surface area contributed by atoms with Crippen molar-refractivity contribution in [2.24, 2.45) is 0 Å². The van der Waals surface area contributed by atoms with E-state index in [-0.39, 0.29) is 0 Å². The number of benzene rings is 1. The van der Waals surface area contributed by atoms with Crippen LogP contribution in [0.2, 0.25) is 0 Å². The zero-order chi connectivity index (χ0) is 12.5. The van der Waals surface area contributed by atoms with Crippen molar-refractivity contribution in [1.82, 2.24) is 0 Å². The maximum Gasteiger partial charge on any atom is -0.0254 e. The Morgan fingerprint density at radius 1 is 1.18 bits per heavy atom. The molecule has 0 radical (unpaired) electrons. The quantitative estimate of drug-likeness (QED) is 0.597. The summed E-state index contributed by atoms with van der Waals surface area (Å²) in [6.45, 7) is 6.48. The van der Waals surface area contributed by atoms with Crippen molar-refractivity contribution >= 4 is 6.08 Å². The fraction of sp³-hybridized carbons (Fsp3) is 0.294. The molecule has 0 unspecified atom stereocenters. The first-order chi connectivity index (χ1) is 8.26. The summed E-state index contributed by atoms with van der Waals surface area (Å²) < 4.78 is 0. The van der Waals surface area contributed by atoms with E-state index in [1.165, 1.54) is 16.7 Å². The second kappa shape index (κ2) is 7.67. The summed E-state index contributed by atoms with van der Waals surface area (Å²) in [5.74, 6) is 0. The topological polar surface area (TPSA) is 0 Å². The largest absolute Gasteiger partial charge is 0.0816 e. The molecule has 0 N–H and O–H groups in total. The summed E-state index contributed by atoms with van der Waals surface area (Å²) in [6.07, 6.45) is 13.0. The van der Waals surface area contributed by atoms with Gasteiger partial charge in [-0.05, 0) is 25.3 Å². The zero-order valence-electron chi connectivity index (χ0n) is 11.1. The van der Waals surface area contributed by atoms with Crippen LogP contribution in [-0.2, 0) is 0 Å². The monoisotopic (exact) mass is 226 g/mol. The number of hydrogen-bond donors (Lipinski definition) is 0. The molecule has 0 saturated carbocycles. The first kappa shape index (κ1) is 13.5. The third-order valence-corrected chi connectivity index (χ3v) is 2.63. The Balaban J connectivity index is 2.61. The van der Waals surface area contributed by atoms with Gasteiger partial charge in [-0.3, -0.25) is 0 Å². The molecule has 90 valence electrons. The molecule has 1 rings (SSSR count). The van der Waals surface area contributed by atoms with Crippen LogP contribution in [0.5, 0.6) is 0 Å². The highest BCUT2D eigenvalue weighted by atomic mass is 13.9. The average Bonchev–Trinajstić information content (AvgIpc) is 2.33. The van der Waals surface area contributed by atoms with E-state index in [0.29, 0.717) is 0 Å². The molecule has 0 heteroatoms. The fourth-order valence-electron chi connectivity index (χ4n) is 1.71. The third kappa shape index (κ3) is 5.35. The van der Waals surface area contributed by atoms with Crippen molar-refractivity contribution in [1.29, 1.82) is 0 Å². The Kier molecular flexibility index (Phi) is 6.09. The Labute approximate surface area is 105 Å². The van der Waals surface area contributed by atoms with E-state index in [1.54, 1.807) is 0 Å². The average molecular weight is 226 g/mol. The molecule has 0 bridgehead atoms. The summed E-state index contributed by atoms with van der Waals surface area (Å²) in [6, 6.07) is 8.52. The van der Waals surface area contributed by atoms with Crippen LogP contribution < -0.4 is 0 Å². The maximum absolute atomic E-state index is 2.27. The van der Waals surface area contributed by atoms with Gasteiger partial charge in [0, 0.05) is 0 Å². The van der Waals surface area contributed by atoms with Gasteiger partial charge in [0.05, 0.1) is 0 Å². The smallest absolute Gasteiger partial charge is 0.0254 e. The van der Waals surface area contributed by atoms with Gasteiger partial charge in [-0.1, -0.05) is 79.6 Å². The fourth-order valence-corrected chi connectivity index (χ4v) is 1.71. The highest BCUT2D eigenvalue weighted by molar-refractivity contribution is 5.52. The van der Waals surface area contributed by atoms with Crippen LogP contribution in [0.15, 0.2) is 54.1 Å². The van der Waals surface area contributed by atoms with Crippen molar-refractivity contribution < 1.29 is 0 Å². The Hall–Kier alpha value is -1.56. The number of rotatable bonds is 5. The van der Waals surface area contributed by atoms with E-state index in [2.05, 4.69) is 75.4 Å². The molecule has 0 spiro atoms. The molecule has 0 aromatic heterocycles. The lowest BCUT2D eigenvalue weighted by Gasteiger charge is -1.95. The standard InChI is InChI=1S/C17H22/c1-4-9-16(5-2)11-6-7-12-17-13-8-10-15(3)14-17/h6-14H,4-5H2,1-3H3/b11-6+,12-7+,16-9+. The second-order valence-corrected chi connectivity index (χ2v) is 4.17. The van der Waals surface area contributed by atoms with Gasteiger partial charge in [0.1, 0.15) is 0 Å². The highest BCUT2D eigenvalue weighted by Crippen LogP contribution is 2.07. The molecule has 0 fully saturated rings. The van der Waals surface area contributed by atoms with Crippen molar-refractivity contribution in [3.8, 4) is 0 Å².